The second-order valence-electron chi connectivity index (χ2n) is 5.90. The Balaban J connectivity index is 1.89. The fourth-order valence-electron chi connectivity index (χ4n) is 2.59. The Labute approximate surface area is 151 Å². The standard InChI is InChI=1S/C18H18N4O3S/c1-11-9-17(19)16-10-14(5-8-18(16)20-11)22-26(24,25)15-6-3-13(4-7-15)21-12(2)23/h3-10,22H,1-2H3,(H2,19,20)(H,21,23). The molecule has 3 rings (SSSR count). The number of hydrogen-bond donors (Lipinski definition) is 3. The zero-order valence-corrected chi connectivity index (χ0v) is 15.1. The molecule has 0 atom stereocenters. The third-order valence-corrected chi connectivity index (χ3v) is 5.10. The average molecular weight is 370 g/mol. The first kappa shape index (κ1) is 17.7. The van der Waals surface area contributed by atoms with Gasteiger partial charge in [-0.05, 0) is 55.5 Å². The van der Waals surface area contributed by atoms with Crippen LogP contribution in [0.15, 0.2) is 53.4 Å². The van der Waals surface area contributed by atoms with Crippen molar-refractivity contribution < 1.29 is 13.2 Å². The number of amides is 1. The minimum atomic E-state index is -3.77. The molecule has 1 amide bonds. The lowest BCUT2D eigenvalue weighted by Gasteiger charge is -2.11. The topological polar surface area (TPSA) is 114 Å². The number of anilines is 3. The SMILES string of the molecule is CC(=O)Nc1ccc(S(=O)(=O)Nc2ccc3nc(C)cc(N)c3c2)cc1. The number of aryl methyl sites for hydroxylation is 1. The number of rotatable bonds is 4. The van der Waals surface area contributed by atoms with Gasteiger partial charge in [-0.3, -0.25) is 14.5 Å². The van der Waals surface area contributed by atoms with Crippen LogP contribution in [0, 0.1) is 6.92 Å². The number of carbonyl (C=O) groups excluding carboxylic acids is 1. The van der Waals surface area contributed by atoms with Crippen molar-refractivity contribution in [2.45, 2.75) is 18.7 Å². The second kappa shape index (κ2) is 6.64. The number of hydrogen-bond acceptors (Lipinski definition) is 5. The van der Waals surface area contributed by atoms with Crippen molar-refractivity contribution in [3.63, 3.8) is 0 Å². The van der Waals surface area contributed by atoms with Gasteiger partial charge in [-0.2, -0.15) is 0 Å². The van der Waals surface area contributed by atoms with Gasteiger partial charge >= 0.3 is 0 Å². The van der Waals surface area contributed by atoms with E-state index in [2.05, 4.69) is 15.0 Å². The van der Waals surface area contributed by atoms with Crippen LogP contribution in [-0.2, 0) is 14.8 Å². The molecule has 0 aliphatic rings. The Bertz CT molecular complexity index is 1090. The summed E-state index contributed by atoms with van der Waals surface area (Å²) < 4.78 is 27.7. The smallest absolute Gasteiger partial charge is 0.261 e. The Morgan fingerprint density at radius 2 is 1.69 bits per heavy atom. The van der Waals surface area contributed by atoms with Crippen LogP contribution < -0.4 is 15.8 Å². The van der Waals surface area contributed by atoms with Crippen LogP contribution in [0.1, 0.15) is 12.6 Å². The summed E-state index contributed by atoms with van der Waals surface area (Å²) in [6.07, 6.45) is 0. The van der Waals surface area contributed by atoms with Crippen LogP contribution in [-0.4, -0.2) is 19.3 Å². The summed E-state index contributed by atoms with van der Waals surface area (Å²) in [5, 5.41) is 3.27. The number of carbonyl (C=O) groups is 1. The molecule has 0 aliphatic carbocycles. The minimum Gasteiger partial charge on any atom is -0.398 e. The Morgan fingerprint density at radius 3 is 2.35 bits per heavy atom. The van der Waals surface area contributed by atoms with E-state index in [4.69, 9.17) is 5.73 Å². The number of nitrogens with zero attached hydrogens (tertiary/aromatic N) is 1. The highest BCUT2D eigenvalue weighted by Gasteiger charge is 2.15. The predicted octanol–water partition coefficient (Wildman–Crippen LogP) is 2.88. The number of pyridine rings is 1. The van der Waals surface area contributed by atoms with Crippen LogP contribution in [0.3, 0.4) is 0 Å². The molecule has 0 radical (unpaired) electrons. The minimum absolute atomic E-state index is 0.0849. The summed E-state index contributed by atoms with van der Waals surface area (Å²) in [6, 6.07) is 12.7. The van der Waals surface area contributed by atoms with Crippen LogP contribution >= 0.6 is 0 Å². The van der Waals surface area contributed by atoms with Gasteiger partial charge in [0.25, 0.3) is 10.0 Å². The maximum Gasteiger partial charge on any atom is 0.261 e. The molecule has 0 fully saturated rings. The van der Waals surface area contributed by atoms with E-state index in [0.717, 1.165) is 5.69 Å². The van der Waals surface area contributed by atoms with Gasteiger partial charge in [-0.25, -0.2) is 8.42 Å². The molecular weight excluding hydrogens is 352 g/mol. The molecule has 7 nitrogen and oxygen atoms in total. The molecule has 134 valence electrons. The summed E-state index contributed by atoms with van der Waals surface area (Å²) in [4.78, 5) is 15.5. The Hall–Kier alpha value is -3.13. The van der Waals surface area contributed by atoms with Crippen molar-refractivity contribution >= 4 is 43.9 Å². The molecular formula is C18H18N4O3S. The number of nitrogen functional groups attached to an aromatic ring is 1. The van der Waals surface area contributed by atoms with E-state index >= 15 is 0 Å². The zero-order valence-electron chi connectivity index (χ0n) is 14.3. The zero-order chi connectivity index (χ0) is 18.9. The summed E-state index contributed by atoms with van der Waals surface area (Å²) in [7, 11) is -3.77. The van der Waals surface area contributed by atoms with Gasteiger partial charge in [0.2, 0.25) is 5.91 Å². The van der Waals surface area contributed by atoms with Crippen molar-refractivity contribution in [3.8, 4) is 0 Å². The second-order valence-corrected chi connectivity index (χ2v) is 7.58. The van der Waals surface area contributed by atoms with Gasteiger partial charge in [0.1, 0.15) is 0 Å². The van der Waals surface area contributed by atoms with E-state index in [1.54, 1.807) is 24.3 Å². The lowest BCUT2D eigenvalue weighted by molar-refractivity contribution is -0.114. The number of nitrogens with one attached hydrogen (secondary N) is 2. The number of nitrogens with two attached hydrogens (primary N) is 1. The molecule has 1 heterocycles. The fourth-order valence-corrected chi connectivity index (χ4v) is 3.64. The van der Waals surface area contributed by atoms with Crippen LogP contribution in [0.5, 0.6) is 0 Å². The van der Waals surface area contributed by atoms with Crippen LogP contribution in [0.4, 0.5) is 17.1 Å². The summed E-state index contributed by atoms with van der Waals surface area (Å²) in [6.45, 7) is 3.23. The number of aromatic nitrogens is 1. The molecule has 8 heteroatoms. The van der Waals surface area contributed by atoms with Crippen molar-refractivity contribution in [1.29, 1.82) is 0 Å². The average Bonchev–Trinajstić information content (AvgIpc) is 2.55. The summed E-state index contributed by atoms with van der Waals surface area (Å²) >= 11 is 0. The van der Waals surface area contributed by atoms with Gasteiger partial charge in [0, 0.05) is 35.1 Å². The highest BCUT2D eigenvalue weighted by atomic mass is 32.2. The van der Waals surface area contributed by atoms with Gasteiger partial charge in [-0.1, -0.05) is 0 Å². The summed E-state index contributed by atoms with van der Waals surface area (Å²) in [5.74, 6) is -0.226. The number of sulfonamides is 1. The quantitative estimate of drug-likeness (QED) is 0.653. The lowest BCUT2D eigenvalue weighted by Crippen LogP contribution is -2.13. The molecule has 1 aromatic heterocycles. The molecule has 0 spiro atoms. The summed E-state index contributed by atoms with van der Waals surface area (Å²) in [5.41, 5.74) is 8.95. The van der Waals surface area contributed by atoms with E-state index in [9.17, 15) is 13.2 Å². The first-order chi connectivity index (χ1) is 12.2. The van der Waals surface area contributed by atoms with Crippen molar-refractivity contribution in [1.82, 2.24) is 4.98 Å². The van der Waals surface area contributed by atoms with E-state index in [1.165, 1.54) is 31.2 Å². The molecule has 26 heavy (non-hydrogen) atoms. The van der Waals surface area contributed by atoms with Gasteiger partial charge in [-0.15, -0.1) is 0 Å². The molecule has 0 aliphatic heterocycles. The maximum absolute atomic E-state index is 12.6. The third-order valence-electron chi connectivity index (χ3n) is 3.71. The fraction of sp³-hybridized carbons (Fsp3) is 0.111. The van der Waals surface area contributed by atoms with E-state index in [-0.39, 0.29) is 10.8 Å². The van der Waals surface area contributed by atoms with E-state index < -0.39 is 10.0 Å². The molecule has 4 N–H and O–H groups in total. The normalized spacial score (nSPS) is 11.3. The molecule has 0 bridgehead atoms. The van der Waals surface area contributed by atoms with Crippen molar-refractivity contribution in [2.75, 3.05) is 15.8 Å². The first-order valence-electron chi connectivity index (χ1n) is 7.82. The predicted molar refractivity (Wildman–Crippen MR) is 102 cm³/mol. The van der Waals surface area contributed by atoms with E-state index in [1.807, 2.05) is 6.92 Å². The van der Waals surface area contributed by atoms with Crippen LogP contribution in [0.2, 0.25) is 0 Å². The lowest BCUT2D eigenvalue weighted by atomic mass is 10.1. The van der Waals surface area contributed by atoms with E-state index in [0.29, 0.717) is 28.0 Å². The largest absolute Gasteiger partial charge is 0.398 e. The molecule has 0 saturated heterocycles. The van der Waals surface area contributed by atoms with Crippen molar-refractivity contribution in [2.24, 2.45) is 0 Å². The highest BCUT2D eigenvalue weighted by Crippen LogP contribution is 2.26. The number of benzene rings is 2. The Morgan fingerprint density at radius 1 is 1.04 bits per heavy atom. The van der Waals surface area contributed by atoms with Crippen LogP contribution in [0.25, 0.3) is 10.9 Å². The van der Waals surface area contributed by atoms with Crippen molar-refractivity contribution in [3.05, 3.63) is 54.2 Å². The van der Waals surface area contributed by atoms with Gasteiger partial charge in [0.15, 0.2) is 0 Å². The van der Waals surface area contributed by atoms with Gasteiger partial charge < -0.3 is 11.1 Å². The molecule has 3 aromatic rings. The molecule has 0 saturated carbocycles. The Kier molecular flexibility index (Phi) is 4.52. The maximum atomic E-state index is 12.6. The number of fused-ring (bicyclic) bond motifs is 1. The monoisotopic (exact) mass is 370 g/mol. The highest BCUT2D eigenvalue weighted by molar-refractivity contribution is 7.92. The van der Waals surface area contributed by atoms with Gasteiger partial charge in [0.05, 0.1) is 10.4 Å². The first-order valence-corrected chi connectivity index (χ1v) is 9.30. The molecule has 2 aromatic carbocycles. The third kappa shape index (κ3) is 3.75. The molecule has 0 unspecified atom stereocenters.